The lowest BCUT2D eigenvalue weighted by molar-refractivity contribution is -0.128. The third-order valence-electron chi connectivity index (χ3n) is 2.99. The highest BCUT2D eigenvalue weighted by molar-refractivity contribution is 5.50. The molecule has 0 radical (unpaired) electrons. The van der Waals surface area contributed by atoms with Gasteiger partial charge in [-0.05, 0) is 30.7 Å². The Labute approximate surface area is 94.2 Å². The first-order valence-corrected chi connectivity index (χ1v) is 5.34. The second-order valence-electron chi connectivity index (χ2n) is 4.46. The molecule has 1 fully saturated rings. The maximum Gasteiger partial charge on any atom is 0.123 e. The van der Waals surface area contributed by atoms with E-state index in [9.17, 15) is 9.50 Å². The lowest BCUT2D eigenvalue weighted by atomic mass is 9.87. The molecule has 0 aromatic heterocycles. The minimum atomic E-state index is -0.230. The van der Waals surface area contributed by atoms with Gasteiger partial charge in [-0.2, -0.15) is 0 Å². The van der Waals surface area contributed by atoms with Gasteiger partial charge in [-0.15, -0.1) is 0 Å². The van der Waals surface area contributed by atoms with Crippen LogP contribution in [-0.4, -0.2) is 31.5 Å². The summed E-state index contributed by atoms with van der Waals surface area (Å²) in [6.07, 6.45) is 0. The van der Waals surface area contributed by atoms with Gasteiger partial charge in [-0.25, -0.2) is 4.39 Å². The maximum atomic E-state index is 12.9. The summed E-state index contributed by atoms with van der Waals surface area (Å²) in [4.78, 5) is 0. The predicted octanol–water partition coefficient (Wildman–Crippen LogP) is 1.55. The average Bonchev–Trinajstić information content (AvgIpc) is 2.19. The molecule has 0 atom stereocenters. The van der Waals surface area contributed by atoms with Crippen molar-refractivity contribution >= 4 is 5.69 Å². The molecule has 16 heavy (non-hydrogen) atoms. The van der Waals surface area contributed by atoms with Gasteiger partial charge in [0.25, 0.3) is 0 Å². The van der Waals surface area contributed by atoms with Gasteiger partial charge in [0.2, 0.25) is 0 Å². The highest BCUT2D eigenvalue weighted by Crippen LogP contribution is 2.27. The Morgan fingerprint density at radius 3 is 2.75 bits per heavy atom. The molecule has 0 amide bonds. The molecule has 1 aromatic carbocycles. The van der Waals surface area contributed by atoms with Crippen LogP contribution in [0.2, 0.25) is 0 Å². The molecule has 0 spiro atoms. The van der Waals surface area contributed by atoms with E-state index in [1.165, 1.54) is 12.1 Å². The molecule has 88 valence electrons. The van der Waals surface area contributed by atoms with Crippen LogP contribution in [0.4, 0.5) is 10.1 Å². The van der Waals surface area contributed by atoms with E-state index < -0.39 is 0 Å². The molecule has 1 aromatic rings. The Bertz CT molecular complexity index is 372. The molecule has 1 aliphatic heterocycles. The highest BCUT2D eigenvalue weighted by Gasteiger charge is 2.37. The smallest absolute Gasteiger partial charge is 0.123 e. The average molecular weight is 225 g/mol. The number of rotatable bonds is 4. The number of hydrogen-bond acceptors (Lipinski definition) is 3. The molecule has 1 aliphatic rings. The lowest BCUT2D eigenvalue weighted by Crippen LogP contribution is -2.50. The van der Waals surface area contributed by atoms with E-state index in [0.29, 0.717) is 19.8 Å². The van der Waals surface area contributed by atoms with E-state index in [1.54, 1.807) is 6.07 Å². The second kappa shape index (κ2) is 4.39. The molecular formula is C12H16FNO2. The van der Waals surface area contributed by atoms with Crippen molar-refractivity contribution < 1.29 is 14.2 Å². The van der Waals surface area contributed by atoms with Crippen molar-refractivity contribution in [1.82, 2.24) is 0 Å². The molecule has 3 nitrogen and oxygen atoms in total. The van der Waals surface area contributed by atoms with Crippen molar-refractivity contribution in [2.45, 2.75) is 6.92 Å². The van der Waals surface area contributed by atoms with Crippen LogP contribution in [0, 0.1) is 18.2 Å². The van der Waals surface area contributed by atoms with Crippen LogP contribution >= 0.6 is 0 Å². The maximum absolute atomic E-state index is 12.9. The Balaban J connectivity index is 1.99. The zero-order chi connectivity index (χ0) is 11.6. The summed E-state index contributed by atoms with van der Waals surface area (Å²) in [7, 11) is 0. The van der Waals surface area contributed by atoms with Crippen LogP contribution < -0.4 is 5.32 Å². The zero-order valence-electron chi connectivity index (χ0n) is 9.29. The first-order chi connectivity index (χ1) is 7.65. The number of anilines is 1. The van der Waals surface area contributed by atoms with Crippen molar-refractivity contribution in [1.29, 1.82) is 0 Å². The van der Waals surface area contributed by atoms with Crippen molar-refractivity contribution in [3.05, 3.63) is 29.6 Å². The van der Waals surface area contributed by atoms with Gasteiger partial charge in [0.1, 0.15) is 5.82 Å². The highest BCUT2D eigenvalue weighted by atomic mass is 19.1. The number of aliphatic hydroxyl groups excluding tert-OH is 1. The largest absolute Gasteiger partial charge is 0.396 e. The number of aryl methyl sites for hydroxylation is 1. The van der Waals surface area contributed by atoms with Crippen LogP contribution in [0.5, 0.6) is 0 Å². The SMILES string of the molecule is Cc1cc(F)ccc1NCC1(CO)COC1. The third-order valence-corrected chi connectivity index (χ3v) is 2.99. The molecule has 4 heteroatoms. The van der Waals surface area contributed by atoms with Gasteiger partial charge in [0, 0.05) is 12.2 Å². The summed E-state index contributed by atoms with van der Waals surface area (Å²) in [6.45, 7) is 3.78. The molecule has 2 N–H and O–H groups in total. The Kier molecular flexibility index (Phi) is 3.12. The molecule has 0 bridgehead atoms. The number of aliphatic hydroxyl groups is 1. The van der Waals surface area contributed by atoms with Crippen molar-refractivity contribution in [3.8, 4) is 0 Å². The summed E-state index contributed by atoms with van der Waals surface area (Å²) in [5.41, 5.74) is 1.61. The van der Waals surface area contributed by atoms with Gasteiger partial charge in [0.15, 0.2) is 0 Å². The van der Waals surface area contributed by atoms with Crippen LogP contribution in [0.25, 0.3) is 0 Å². The zero-order valence-corrected chi connectivity index (χ0v) is 9.29. The van der Waals surface area contributed by atoms with E-state index in [4.69, 9.17) is 4.74 Å². The number of benzene rings is 1. The number of halogens is 1. The van der Waals surface area contributed by atoms with Gasteiger partial charge in [0.05, 0.1) is 25.2 Å². The standard InChI is InChI=1S/C12H16FNO2/c1-9-4-10(13)2-3-11(9)14-5-12(6-15)7-16-8-12/h2-4,14-15H,5-8H2,1H3. The fourth-order valence-corrected chi connectivity index (χ4v) is 1.75. The molecule has 2 rings (SSSR count). The van der Waals surface area contributed by atoms with Gasteiger partial charge in [-0.1, -0.05) is 0 Å². The molecule has 0 unspecified atom stereocenters. The second-order valence-corrected chi connectivity index (χ2v) is 4.46. The van der Waals surface area contributed by atoms with E-state index in [0.717, 1.165) is 11.3 Å². The van der Waals surface area contributed by atoms with E-state index in [-0.39, 0.29) is 17.8 Å². The topological polar surface area (TPSA) is 41.5 Å². The fourth-order valence-electron chi connectivity index (χ4n) is 1.75. The number of hydrogen-bond donors (Lipinski definition) is 2. The minimum Gasteiger partial charge on any atom is -0.396 e. The van der Waals surface area contributed by atoms with E-state index >= 15 is 0 Å². The molecule has 1 heterocycles. The number of nitrogens with one attached hydrogen (secondary N) is 1. The summed E-state index contributed by atoms with van der Waals surface area (Å²) in [6, 6.07) is 4.64. The Morgan fingerprint density at radius 1 is 1.50 bits per heavy atom. The van der Waals surface area contributed by atoms with Crippen LogP contribution in [0.15, 0.2) is 18.2 Å². The first kappa shape index (κ1) is 11.4. The third kappa shape index (κ3) is 2.18. The van der Waals surface area contributed by atoms with Crippen LogP contribution in [-0.2, 0) is 4.74 Å². The molecular weight excluding hydrogens is 209 g/mol. The first-order valence-electron chi connectivity index (χ1n) is 5.34. The number of ether oxygens (including phenoxy) is 1. The summed E-state index contributed by atoms with van der Waals surface area (Å²) in [5, 5.41) is 12.5. The van der Waals surface area contributed by atoms with Gasteiger partial charge >= 0.3 is 0 Å². The van der Waals surface area contributed by atoms with Crippen LogP contribution in [0.1, 0.15) is 5.56 Å². The summed E-state index contributed by atoms with van der Waals surface area (Å²) in [5.74, 6) is -0.230. The van der Waals surface area contributed by atoms with E-state index in [1.807, 2.05) is 6.92 Å². The van der Waals surface area contributed by atoms with E-state index in [2.05, 4.69) is 5.32 Å². The Morgan fingerprint density at radius 2 is 2.25 bits per heavy atom. The lowest BCUT2D eigenvalue weighted by Gasteiger charge is -2.40. The molecule has 0 aliphatic carbocycles. The normalized spacial score (nSPS) is 17.9. The monoisotopic (exact) mass is 225 g/mol. The molecule has 0 saturated carbocycles. The fraction of sp³-hybridized carbons (Fsp3) is 0.500. The van der Waals surface area contributed by atoms with Crippen molar-refractivity contribution in [3.63, 3.8) is 0 Å². The summed E-state index contributed by atoms with van der Waals surface area (Å²) < 4.78 is 18.0. The predicted molar refractivity (Wildman–Crippen MR) is 60.0 cm³/mol. The van der Waals surface area contributed by atoms with Gasteiger partial charge in [-0.3, -0.25) is 0 Å². The Hall–Kier alpha value is -1.13. The minimum absolute atomic E-state index is 0.111. The quantitative estimate of drug-likeness (QED) is 0.817. The van der Waals surface area contributed by atoms with Crippen molar-refractivity contribution in [2.75, 3.05) is 31.7 Å². The van der Waals surface area contributed by atoms with Crippen LogP contribution in [0.3, 0.4) is 0 Å². The molecule has 1 saturated heterocycles. The van der Waals surface area contributed by atoms with Gasteiger partial charge < -0.3 is 15.2 Å². The summed E-state index contributed by atoms with van der Waals surface area (Å²) >= 11 is 0. The van der Waals surface area contributed by atoms with Crippen molar-refractivity contribution in [2.24, 2.45) is 5.41 Å².